The van der Waals surface area contributed by atoms with Gasteiger partial charge in [-0.25, -0.2) is 0 Å². The second-order valence-corrected chi connectivity index (χ2v) is 7.33. The number of nitrogens with zero attached hydrogens (tertiary/aromatic N) is 3. The Kier molecular flexibility index (Phi) is 8.14. The van der Waals surface area contributed by atoms with Crippen LogP contribution in [-0.2, 0) is 11.2 Å². The molecule has 2 N–H and O–H groups in total. The van der Waals surface area contributed by atoms with Gasteiger partial charge in [-0.3, -0.25) is 9.59 Å². The number of aromatic nitrogens is 3. The fourth-order valence-electron chi connectivity index (χ4n) is 3.40. The Labute approximate surface area is 176 Å². The molecule has 0 radical (unpaired) electrons. The van der Waals surface area contributed by atoms with E-state index in [1.165, 1.54) is 19.3 Å². The highest BCUT2D eigenvalue weighted by atomic mass is 16.5. The van der Waals surface area contributed by atoms with E-state index in [2.05, 4.69) is 32.0 Å². The molecule has 0 unspecified atom stereocenters. The van der Waals surface area contributed by atoms with Crippen LogP contribution in [0.5, 0.6) is 5.75 Å². The Morgan fingerprint density at radius 2 is 2.10 bits per heavy atom. The van der Waals surface area contributed by atoms with E-state index in [0.717, 1.165) is 19.6 Å². The van der Waals surface area contributed by atoms with Gasteiger partial charge in [-0.05, 0) is 38.1 Å². The molecule has 160 valence electrons. The SMILES string of the molecule is C=CCOc1cccc(-c2nnc(CCC(=O)NCCN3CCCCC3)c(=O)[nH]2)c1. The zero-order valence-corrected chi connectivity index (χ0v) is 17.2. The molecular weight excluding hydrogens is 382 g/mol. The number of carbonyl (C=O) groups excluding carboxylic acids is 1. The van der Waals surface area contributed by atoms with Crippen LogP contribution in [0.15, 0.2) is 41.7 Å². The number of nitrogens with one attached hydrogen (secondary N) is 2. The molecule has 0 spiro atoms. The molecule has 2 heterocycles. The maximum Gasteiger partial charge on any atom is 0.273 e. The molecule has 1 aliphatic heterocycles. The molecule has 0 aliphatic carbocycles. The molecule has 1 fully saturated rings. The van der Waals surface area contributed by atoms with E-state index < -0.39 is 0 Å². The summed E-state index contributed by atoms with van der Waals surface area (Å²) >= 11 is 0. The van der Waals surface area contributed by atoms with Gasteiger partial charge in [0.05, 0.1) is 0 Å². The van der Waals surface area contributed by atoms with Crippen molar-refractivity contribution >= 4 is 5.91 Å². The number of rotatable bonds is 10. The zero-order chi connectivity index (χ0) is 21.2. The highest BCUT2D eigenvalue weighted by Gasteiger charge is 2.12. The Bertz CT molecular complexity index is 906. The van der Waals surface area contributed by atoms with Gasteiger partial charge in [-0.1, -0.05) is 31.2 Å². The molecule has 8 nitrogen and oxygen atoms in total. The predicted molar refractivity (Wildman–Crippen MR) is 115 cm³/mol. The van der Waals surface area contributed by atoms with Gasteiger partial charge in [0, 0.05) is 31.5 Å². The zero-order valence-electron chi connectivity index (χ0n) is 17.2. The molecule has 3 rings (SSSR count). The van der Waals surface area contributed by atoms with Crippen molar-refractivity contribution in [3.8, 4) is 17.1 Å². The molecule has 0 saturated carbocycles. The van der Waals surface area contributed by atoms with E-state index in [1.807, 2.05) is 18.2 Å². The van der Waals surface area contributed by atoms with Crippen molar-refractivity contribution in [3.63, 3.8) is 0 Å². The number of amides is 1. The van der Waals surface area contributed by atoms with Crippen molar-refractivity contribution in [2.75, 3.05) is 32.8 Å². The highest BCUT2D eigenvalue weighted by molar-refractivity contribution is 5.76. The summed E-state index contributed by atoms with van der Waals surface area (Å²) < 4.78 is 5.50. The molecule has 30 heavy (non-hydrogen) atoms. The smallest absolute Gasteiger partial charge is 0.273 e. The summed E-state index contributed by atoms with van der Waals surface area (Å²) in [5.41, 5.74) is 0.616. The van der Waals surface area contributed by atoms with Crippen molar-refractivity contribution in [2.24, 2.45) is 0 Å². The van der Waals surface area contributed by atoms with Gasteiger partial charge in [0.25, 0.3) is 5.56 Å². The minimum Gasteiger partial charge on any atom is -0.490 e. The molecule has 0 bridgehead atoms. The summed E-state index contributed by atoms with van der Waals surface area (Å²) in [7, 11) is 0. The van der Waals surface area contributed by atoms with E-state index >= 15 is 0 Å². The van der Waals surface area contributed by atoms with Crippen molar-refractivity contribution in [2.45, 2.75) is 32.1 Å². The summed E-state index contributed by atoms with van der Waals surface area (Å²) in [5, 5.41) is 11.1. The van der Waals surface area contributed by atoms with Crippen molar-refractivity contribution in [1.29, 1.82) is 0 Å². The highest BCUT2D eigenvalue weighted by Crippen LogP contribution is 2.19. The van der Waals surface area contributed by atoms with Crippen LogP contribution in [0.25, 0.3) is 11.4 Å². The number of aromatic amines is 1. The number of hydrogen-bond donors (Lipinski definition) is 2. The first kappa shape index (κ1) is 21.7. The molecule has 1 aromatic carbocycles. The third kappa shape index (κ3) is 6.52. The van der Waals surface area contributed by atoms with Gasteiger partial charge in [-0.2, -0.15) is 0 Å². The average Bonchev–Trinajstić information content (AvgIpc) is 2.78. The molecular formula is C22H29N5O3. The Morgan fingerprint density at radius 3 is 2.87 bits per heavy atom. The topological polar surface area (TPSA) is 100 Å². The van der Waals surface area contributed by atoms with Gasteiger partial charge in [0.2, 0.25) is 5.91 Å². The monoisotopic (exact) mass is 411 g/mol. The summed E-state index contributed by atoms with van der Waals surface area (Å²) in [4.78, 5) is 29.5. The first-order valence-corrected chi connectivity index (χ1v) is 10.4. The largest absolute Gasteiger partial charge is 0.490 e. The van der Waals surface area contributed by atoms with E-state index in [9.17, 15) is 9.59 Å². The quantitative estimate of drug-likeness (QED) is 0.580. The third-order valence-electron chi connectivity index (χ3n) is 5.03. The van der Waals surface area contributed by atoms with Crippen LogP contribution in [0.4, 0.5) is 0 Å². The first-order valence-electron chi connectivity index (χ1n) is 10.4. The predicted octanol–water partition coefficient (Wildman–Crippen LogP) is 1.93. The second kappa shape index (κ2) is 11.3. The molecule has 2 aromatic rings. The van der Waals surface area contributed by atoms with Crippen LogP contribution >= 0.6 is 0 Å². The van der Waals surface area contributed by atoms with E-state index in [1.54, 1.807) is 12.1 Å². The summed E-state index contributed by atoms with van der Waals surface area (Å²) in [5.74, 6) is 0.934. The van der Waals surface area contributed by atoms with E-state index in [0.29, 0.717) is 30.3 Å². The fraction of sp³-hybridized carbons (Fsp3) is 0.455. The lowest BCUT2D eigenvalue weighted by Gasteiger charge is -2.26. The summed E-state index contributed by atoms with van der Waals surface area (Å²) in [6, 6.07) is 7.22. The van der Waals surface area contributed by atoms with Crippen LogP contribution in [0, 0.1) is 0 Å². The number of likely N-dealkylation sites (tertiary alicyclic amines) is 1. The van der Waals surface area contributed by atoms with Crippen molar-refractivity contribution < 1.29 is 9.53 Å². The molecule has 0 atom stereocenters. The van der Waals surface area contributed by atoms with Crippen LogP contribution < -0.4 is 15.6 Å². The van der Waals surface area contributed by atoms with Crippen LogP contribution in [0.2, 0.25) is 0 Å². The molecule has 1 amide bonds. The number of H-pyrrole nitrogens is 1. The number of hydrogen-bond acceptors (Lipinski definition) is 6. The van der Waals surface area contributed by atoms with E-state index in [4.69, 9.17) is 4.74 Å². The second-order valence-electron chi connectivity index (χ2n) is 7.33. The molecule has 1 aromatic heterocycles. The third-order valence-corrected chi connectivity index (χ3v) is 5.03. The standard InChI is InChI=1S/C22H29N5O3/c1-2-15-30-18-8-6-7-17(16-18)21-24-22(29)19(25-26-21)9-10-20(28)23-11-14-27-12-4-3-5-13-27/h2,6-8,16H,1,3-5,9-15H2,(H,23,28)(H,24,26,29). The van der Waals surface area contributed by atoms with Crippen LogP contribution in [0.1, 0.15) is 31.4 Å². The number of benzene rings is 1. The Morgan fingerprint density at radius 1 is 1.27 bits per heavy atom. The first-order chi connectivity index (χ1) is 14.7. The summed E-state index contributed by atoms with van der Waals surface area (Å²) in [6.07, 6.45) is 5.89. The number of aryl methyl sites for hydroxylation is 1. The maximum atomic E-state index is 12.4. The van der Waals surface area contributed by atoms with Crippen LogP contribution in [0.3, 0.4) is 0 Å². The van der Waals surface area contributed by atoms with Gasteiger partial charge in [0.15, 0.2) is 5.82 Å². The van der Waals surface area contributed by atoms with Gasteiger partial charge >= 0.3 is 0 Å². The lowest BCUT2D eigenvalue weighted by atomic mass is 10.1. The minimum absolute atomic E-state index is 0.0793. The fourth-order valence-corrected chi connectivity index (χ4v) is 3.40. The molecule has 1 saturated heterocycles. The van der Waals surface area contributed by atoms with Crippen molar-refractivity contribution in [3.05, 3.63) is 53.0 Å². The number of piperidine rings is 1. The molecule has 1 aliphatic rings. The normalized spacial score (nSPS) is 14.3. The Hall–Kier alpha value is -3.00. The Balaban J connectivity index is 1.49. The lowest BCUT2D eigenvalue weighted by molar-refractivity contribution is -0.121. The van der Waals surface area contributed by atoms with Crippen molar-refractivity contribution in [1.82, 2.24) is 25.4 Å². The number of carbonyl (C=O) groups is 1. The lowest BCUT2D eigenvalue weighted by Crippen LogP contribution is -2.37. The average molecular weight is 412 g/mol. The van der Waals surface area contributed by atoms with E-state index in [-0.39, 0.29) is 30.0 Å². The van der Waals surface area contributed by atoms with Crippen LogP contribution in [-0.4, -0.2) is 58.8 Å². The minimum atomic E-state index is -0.335. The summed E-state index contributed by atoms with van der Waals surface area (Å²) in [6.45, 7) is 7.73. The van der Waals surface area contributed by atoms with Gasteiger partial charge in [0.1, 0.15) is 18.1 Å². The number of ether oxygens (including phenoxy) is 1. The van der Waals surface area contributed by atoms with Gasteiger partial charge < -0.3 is 19.9 Å². The van der Waals surface area contributed by atoms with Gasteiger partial charge in [-0.15, -0.1) is 10.2 Å². The maximum absolute atomic E-state index is 12.4. The molecule has 8 heteroatoms.